The number of hydrogen-bond donors (Lipinski definition) is 1. The Hall–Kier alpha value is -0.840. The highest BCUT2D eigenvalue weighted by Gasteiger charge is 2.18. The summed E-state index contributed by atoms with van der Waals surface area (Å²) in [5.74, 6) is 1.03. The Kier molecular flexibility index (Phi) is 6.04. The average Bonchev–Trinajstić information content (AvgIpc) is 2.75. The molecule has 0 spiro atoms. The van der Waals surface area contributed by atoms with E-state index in [9.17, 15) is 0 Å². The number of aromatic nitrogens is 1. The van der Waals surface area contributed by atoms with Gasteiger partial charge in [-0.15, -0.1) is 12.4 Å². The van der Waals surface area contributed by atoms with Crippen LogP contribution in [0.15, 0.2) is 18.3 Å². The van der Waals surface area contributed by atoms with Gasteiger partial charge in [-0.2, -0.15) is 0 Å². The van der Waals surface area contributed by atoms with Crippen LogP contribution in [-0.2, 0) is 6.54 Å². The molecular formula is C14H25ClN4. The number of hydrogen-bond acceptors (Lipinski definition) is 4. The molecule has 0 amide bonds. The second-order valence-electron chi connectivity index (χ2n) is 5.51. The fourth-order valence-corrected chi connectivity index (χ4v) is 2.25. The molecule has 1 aromatic rings. The first-order valence-corrected chi connectivity index (χ1v) is 6.72. The normalized spacial score (nSPS) is 19.5. The summed E-state index contributed by atoms with van der Waals surface area (Å²) in [4.78, 5) is 9.10. The molecule has 19 heavy (non-hydrogen) atoms. The van der Waals surface area contributed by atoms with Gasteiger partial charge < -0.3 is 10.6 Å². The van der Waals surface area contributed by atoms with Crippen LogP contribution >= 0.6 is 12.4 Å². The van der Waals surface area contributed by atoms with Crippen molar-refractivity contribution in [3.63, 3.8) is 0 Å². The number of halogens is 1. The van der Waals surface area contributed by atoms with E-state index in [-0.39, 0.29) is 12.4 Å². The molecule has 1 saturated heterocycles. The molecule has 0 saturated carbocycles. The van der Waals surface area contributed by atoms with Crippen molar-refractivity contribution in [2.75, 3.05) is 25.0 Å². The molecule has 0 bridgehead atoms. The number of pyridine rings is 1. The summed E-state index contributed by atoms with van der Waals surface area (Å²) in [6.07, 6.45) is 3.10. The summed E-state index contributed by atoms with van der Waals surface area (Å²) >= 11 is 0. The maximum atomic E-state index is 5.91. The summed E-state index contributed by atoms with van der Waals surface area (Å²) < 4.78 is 0. The predicted octanol–water partition coefficient (Wildman–Crippen LogP) is 1.88. The summed E-state index contributed by atoms with van der Waals surface area (Å²) in [6, 6.07) is 5.10. The van der Waals surface area contributed by atoms with Crippen molar-refractivity contribution in [3.8, 4) is 0 Å². The third-order valence-corrected chi connectivity index (χ3v) is 3.66. The molecule has 1 fully saturated rings. The Balaban J connectivity index is 0.00000180. The molecule has 2 rings (SSSR count). The summed E-state index contributed by atoms with van der Waals surface area (Å²) in [5.41, 5.74) is 7.18. The molecule has 5 heteroatoms. The van der Waals surface area contributed by atoms with E-state index < -0.39 is 0 Å². The van der Waals surface area contributed by atoms with E-state index in [1.807, 2.05) is 6.20 Å². The number of likely N-dealkylation sites (tertiary alicyclic amines) is 1. The third-order valence-electron chi connectivity index (χ3n) is 3.66. The number of nitrogens with zero attached hydrogens (tertiary/aromatic N) is 3. The van der Waals surface area contributed by atoms with Crippen LogP contribution in [0.4, 0.5) is 5.82 Å². The lowest BCUT2D eigenvalue weighted by Gasteiger charge is -2.23. The van der Waals surface area contributed by atoms with Crippen molar-refractivity contribution in [3.05, 3.63) is 23.9 Å². The van der Waals surface area contributed by atoms with Gasteiger partial charge in [0.25, 0.3) is 0 Å². The minimum atomic E-state index is 0. The van der Waals surface area contributed by atoms with Gasteiger partial charge in [0, 0.05) is 45.0 Å². The predicted molar refractivity (Wildman–Crippen MR) is 82.9 cm³/mol. The Morgan fingerprint density at radius 3 is 2.68 bits per heavy atom. The number of anilines is 1. The fraction of sp³-hybridized carbons (Fsp3) is 0.643. The number of rotatable bonds is 4. The van der Waals surface area contributed by atoms with Crippen LogP contribution in [0.1, 0.15) is 25.8 Å². The maximum Gasteiger partial charge on any atom is 0.128 e. The lowest BCUT2D eigenvalue weighted by Crippen LogP contribution is -2.27. The van der Waals surface area contributed by atoms with Gasteiger partial charge >= 0.3 is 0 Å². The van der Waals surface area contributed by atoms with Crippen molar-refractivity contribution in [2.24, 2.45) is 5.73 Å². The van der Waals surface area contributed by atoms with Crippen molar-refractivity contribution in [2.45, 2.75) is 38.9 Å². The monoisotopic (exact) mass is 284 g/mol. The lowest BCUT2D eigenvalue weighted by atomic mass is 10.2. The molecule has 4 nitrogen and oxygen atoms in total. The molecule has 0 aliphatic carbocycles. The summed E-state index contributed by atoms with van der Waals surface area (Å²) in [5, 5.41) is 0. The molecule has 1 aromatic heterocycles. The molecule has 1 atom stereocenters. The van der Waals surface area contributed by atoms with Crippen LogP contribution in [0.25, 0.3) is 0 Å². The zero-order valence-electron chi connectivity index (χ0n) is 12.0. The van der Waals surface area contributed by atoms with Crippen LogP contribution in [-0.4, -0.2) is 42.1 Å². The van der Waals surface area contributed by atoms with E-state index in [1.165, 1.54) is 5.56 Å². The molecule has 1 aliphatic rings. The summed E-state index contributed by atoms with van der Waals surface area (Å²) in [6.45, 7) is 7.41. The first-order chi connectivity index (χ1) is 8.56. The largest absolute Gasteiger partial charge is 0.357 e. The van der Waals surface area contributed by atoms with Crippen molar-refractivity contribution in [1.29, 1.82) is 0 Å². The molecule has 108 valence electrons. The Bertz CT molecular complexity index is 380. The van der Waals surface area contributed by atoms with Gasteiger partial charge in [0.1, 0.15) is 5.82 Å². The number of nitrogens with two attached hydrogens (primary N) is 1. The summed E-state index contributed by atoms with van der Waals surface area (Å²) in [7, 11) is 2.08. The van der Waals surface area contributed by atoms with Crippen LogP contribution in [0.5, 0.6) is 0 Å². The van der Waals surface area contributed by atoms with E-state index in [2.05, 4.69) is 47.8 Å². The smallest absolute Gasteiger partial charge is 0.128 e. The lowest BCUT2D eigenvalue weighted by molar-refractivity contribution is 0.326. The van der Waals surface area contributed by atoms with Gasteiger partial charge in [-0.05, 0) is 31.9 Å². The molecule has 2 N–H and O–H groups in total. The highest BCUT2D eigenvalue weighted by Crippen LogP contribution is 2.15. The molecule has 0 aromatic carbocycles. The third kappa shape index (κ3) is 4.34. The zero-order chi connectivity index (χ0) is 13.1. The van der Waals surface area contributed by atoms with E-state index in [1.54, 1.807) is 0 Å². The average molecular weight is 285 g/mol. The van der Waals surface area contributed by atoms with Gasteiger partial charge in [0.15, 0.2) is 0 Å². The van der Waals surface area contributed by atoms with Gasteiger partial charge in [0.2, 0.25) is 0 Å². The Morgan fingerprint density at radius 1 is 1.47 bits per heavy atom. The minimum absolute atomic E-state index is 0. The maximum absolute atomic E-state index is 5.91. The fourth-order valence-electron chi connectivity index (χ4n) is 2.25. The molecule has 1 aliphatic heterocycles. The van der Waals surface area contributed by atoms with E-state index in [0.29, 0.717) is 12.1 Å². The van der Waals surface area contributed by atoms with Gasteiger partial charge in [-0.1, -0.05) is 6.07 Å². The van der Waals surface area contributed by atoms with Gasteiger partial charge in [-0.25, -0.2) is 4.98 Å². The molecule has 2 heterocycles. The zero-order valence-corrected chi connectivity index (χ0v) is 12.9. The molecular weight excluding hydrogens is 260 g/mol. The first-order valence-electron chi connectivity index (χ1n) is 6.72. The van der Waals surface area contributed by atoms with E-state index in [4.69, 9.17) is 5.73 Å². The second kappa shape index (κ2) is 7.08. The molecule has 0 radical (unpaired) electrons. The SMILES string of the molecule is CC(C)N(C)c1ccc(CN2CC[C@H](N)C2)cn1.Cl. The Labute approximate surface area is 122 Å². The van der Waals surface area contributed by atoms with Crippen molar-refractivity contribution in [1.82, 2.24) is 9.88 Å². The van der Waals surface area contributed by atoms with Crippen LogP contribution < -0.4 is 10.6 Å². The van der Waals surface area contributed by atoms with Crippen LogP contribution in [0.3, 0.4) is 0 Å². The highest BCUT2D eigenvalue weighted by molar-refractivity contribution is 5.85. The standard InChI is InChI=1S/C14H24N4.ClH/c1-11(2)17(3)14-5-4-12(8-16-14)9-18-7-6-13(15)10-18;/h4-5,8,11,13H,6-7,9-10,15H2,1-3H3;1H/t13-;/m0./s1. The van der Waals surface area contributed by atoms with E-state index in [0.717, 1.165) is 31.9 Å². The van der Waals surface area contributed by atoms with Gasteiger partial charge in [-0.3, -0.25) is 4.90 Å². The van der Waals surface area contributed by atoms with Crippen LogP contribution in [0.2, 0.25) is 0 Å². The van der Waals surface area contributed by atoms with Crippen molar-refractivity contribution < 1.29 is 0 Å². The highest BCUT2D eigenvalue weighted by atomic mass is 35.5. The molecule has 0 unspecified atom stereocenters. The quantitative estimate of drug-likeness (QED) is 0.917. The minimum Gasteiger partial charge on any atom is -0.357 e. The van der Waals surface area contributed by atoms with Crippen molar-refractivity contribution >= 4 is 18.2 Å². The Morgan fingerprint density at radius 2 is 2.21 bits per heavy atom. The topological polar surface area (TPSA) is 45.4 Å². The van der Waals surface area contributed by atoms with Gasteiger partial charge in [0.05, 0.1) is 0 Å². The first kappa shape index (κ1) is 16.2. The van der Waals surface area contributed by atoms with Crippen LogP contribution in [0, 0.1) is 0 Å². The van der Waals surface area contributed by atoms with E-state index >= 15 is 0 Å². The second-order valence-corrected chi connectivity index (χ2v) is 5.51.